The Hall–Kier alpha value is -1.43. The zero-order chi connectivity index (χ0) is 13.9. The number of rotatable bonds is 5. The van der Waals surface area contributed by atoms with Crippen LogP contribution in [0.3, 0.4) is 0 Å². The van der Waals surface area contributed by atoms with Gasteiger partial charge in [0.15, 0.2) is 0 Å². The Morgan fingerprint density at radius 1 is 1.40 bits per heavy atom. The fraction of sp³-hybridized carbons (Fsp3) is 0.533. The van der Waals surface area contributed by atoms with E-state index in [2.05, 4.69) is 33.3 Å². The third-order valence-electron chi connectivity index (χ3n) is 4.07. The number of ether oxygens (including phenoxy) is 2. The summed E-state index contributed by atoms with van der Waals surface area (Å²) >= 11 is 0. The second-order valence-electron chi connectivity index (χ2n) is 5.42. The molecule has 2 atom stereocenters. The molecular weight excluding hydrogens is 254 g/mol. The summed E-state index contributed by atoms with van der Waals surface area (Å²) in [6.07, 6.45) is 3.20. The van der Waals surface area contributed by atoms with Crippen molar-refractivity contribution < 1.29 is 9.47 Å². The number of aromatic amines is 1. The maximum absolute atomic E-state index is 5.50. The van der Waals surface area contributed by atoms with Gasteiger partial charge in [-0.15, -0.1) is 0 Å². The molecule has 1 aromatic heterocycles. The summed E-state index contributed by atoms with van der Waals surface area (Å²) in [7, 11) is 3.55. The van der Waals surface area contributed by atoms with Crippen LogP contribution in [0.25, 0.3) is 10.9 Å². The van der Waals surface area contributed by atoms with Crippen molar-refractivity contribution in [1.29, 1.82) is 0 Å². The monoisotopic (exact) mass is 275 g/mol. The first-order valence-electron chi connectivity index (χ1n) is 6.98. The second kappa shape index (κ2) is 5.91. The first-order chi connectivity index (χ1) is 9.80. The quantitative estimate of drug-likeness (QED) is 0.904. The lowest BCUT2D eigenvalue weighted by Crippen LogP contribution is -2.32. The van der Waals surface area contributed by atoms with Crippen LogP contribution >= 0.6 is 0 Å². The number of aromatic nitrogens is 2. The van der Waals surface area contributed by atoms with Crippen molar-refractivity contribution in [1.82, 2.24) is 15.1 Å². The zero-order valence-corrected chi connectivity index (χ0v) is 12.0. The molecule has 5 heteroatoms. The van der Waals surface area contributed by atoms with Gasteiger partial charge in [-0.25, -0.2) is 0 Å². The predicted octanol–water partition coefficient (Wildman–Crippen LogP) is 1.80. The van der Waals surface area contributed by atoms with Crippen LogP contribution in [-0.4, -0.2) is 54.6 Å². The lowest BCUT2D eigenvalue weighted by molar-refractivity contribution is 0.106. The Morgan fingerprint density at radius 2 is 2.30 bits per heavy atom. The van der Waals surface area contributed by atoms with Crippen LogP contribution in [0.4, 0.5) is 0 Å². The van der Waals surface area contributed by atoms with E-state index in [9.17, 15) is 0 Å². The minimum atomic E-state index is 0.311. The molecular formula is C15H21N3O2. The highest BCUT2D eigenvalue weighted by Gasteiger charge is 2.31. The average molecular weight is 275 g/mol. The SMILES string of the molecule is COC[C@@H]1C[C@@H](OC)CN1Cc1ccc2cn[nH]c2c1. The molecule has 0 radical (unpaired) electrons. The number of hydrogen-bond donors (Lipinski definition) is 1. The number of benzene rings is 1. The first-order valence-corrected chi connectivity index (χ1v) is 6.98. The summed E-state index contributed by atoms with van der Waals surface area (Å²) in [6.45, 7) is 2.64. The molecule has 1 saturated heterocycles. The summed E-state index contributed by atoms with van der Waals surface area (Å²) in [5.41, 5.74) is 2.38. The summed E-state index contributed by atoms with van der Waals surface area (Å²) in [4.78, 5) is 2.44. The van der Waals surface area contributed by atoms with Crippen LogP contribution in [0.5, 0.6) is 0 Å². The molecule has 1 aliphatic rings. The predicted molar refractivity (Wildman–Crippen MR) is 77.6 cm³/mol. The number of fused-ring (bicyclic) bond motifs is 1. The summed E-state index contributed by atoms with van der Waals surface area (Å²) in [5, 5.41) is 8.24. The van der Waals surface area contributed by atoms with E-state index < -0.39 is 0 Å². The molecule has 0 saturated carbocycles. The van der Waals surface area contributed by atoms with E-state index in [4.69, 9.17) is 9.47 Å². The van der Waals surface area contributed by atoms with Crippen molar-refractivity contribution in [3.63, 3.8) is 0 Å². The fourth-order valence-corrected chi connectivity index (χ4v) is 2.99. The van der Waals surface area contributed by atoms with Crippen LogP contribution in [0.2, 0.25) is 0 Å². The van der Waals surface area contributed by atoms with Gasteiger partial charge in [0.05, 0.1) is 24.4 Å². The van der Waals surface area contributed by atoms with Crippen molar-refractivity contribution in [3.05, 3.63) is 30.0 Å². The summed E-state index contributed by atoms with van der Waals surface area (Å²) in [5.74, 6) is 0. The zero-order valence-electron chi connectivity index (χ0n) is 12.0. The molecule has 0 amide bonds. The lowest BCUT2D eigenvalue weighted by atomic mass is 10.1. The largest absolute Gasteiger partial charge is 0.383 e. The van der Waals surface area contributed by atoms with Crippen molar-refractivity contribution in [2.45, 2.75) is 25.1 Å². The highest BCUT2D eigenvalue weighted by Crippen LogP contribution is 2.23. The Morgan fingerprint density at radius 3 is 3.10 bits per heavy atom. The molecule has 0 aliphatic carbocycles. The fourth-order valence-electron chi connectivity index (χ4n) is 2.99. The van der Waals surface area contributed by atoms with Crippen LogP contribution in [-0.2, 0) is 16.0 Å². The van der Waals surface area contributed by atoms with Crippen molar-refractivity contribution in [2.24, 2.45) is 0 Å². The van der Waals surface area contributed by atoms with Gasteiger partial charge in [-0.3, -0.25) is 10.00 Å². The Kier molecular flexibility index (Phi) is 4.00. The van der Waals surface area contributed by atoms with Gasteiger partial charge < -0.3 is 9.47 Å². The molecule has 1 aromatic carbocycles. The maximum Gasteiger partial charge on any atom is 0.0714 e. The van der Waals surface area contributed by atoms with Crippen molar-refractivity contribution >= 4 is 10.9 Å². The van der Waals surface area contributed by atoms with Gasteiger partial charge >= 0.3 is 0 Å². The normalized spacial score (nSPS) is 23.7. The molecule has 108 valence electrons. The van der Waals surface area contributed by atoms with E-state index in [0.29, 0.717) is 12.1 Å². The minimum absolute atomic E-state index is 0.311. The van der Waals surface area contributed by atoms with Gasteiger partial charge in [-0.2, -0.15) is 5.10 Å². The number of likely N-dealkylation sites (tertiary alicyclic amines) is 1. The molecule has 0 bridgehead atoms. The number of nitrogens with one attached hydrogen (secondary N) is 1. The second-order valence-corrected chi connectivity index (χ2v) is 5.42. The molecule has 2 heterocycles. The minimum Gasteiger partial charge on any atom is -0.383 e. The third-order valence-corrected chi connectivity index (χ3v) is 4.07. The molecule has 2 aromatic rings. The van der Waals surface area contributed by atoms with Crippen LogP contribution in [0, 0.1) is 0 Å². The topological polar surface area (TPSA) is 50.4 Å². The van der Waals surface area contributed by atoms with E-state index in [-0.39, 0.29) is 0 Å². The molecule has 1 aliphatic heterocycles. The van der Waals surface area contributed by atoms with E-state index in [1.54, 1.807) is 14.2 Å². The number of nitrogens with zero attached hydrogens (tertiary/aromatic N) is 2. The van der Waals surface area contributed by atoms with Crippen LogP contribution in [0.15, 0.2) is 24.4 Å². The Labute approximate surface area is 118 Å². The molecule has 5 nitrogen and oxygen atoms in total. The molecule has 0 spiro atoms. The van der Waals surface area contributed by atoms with Gasteiger partial charge in [-0.05, 0) is 18.1 Å². The molecule has 20 heavy (non-hydrogen) atoms. The van der Waals surface area contributed by atoms with Gasteiger partial charge in [0.2, 0.25) is 0 Å². The summed E-state index contributed by atoms with van der Waals surface area (Å²) in [6, 6.07) is 6.89. The number of hydrogen-bond acceptors (Lipinski definition) is 4. The van der Waals surface area contributed by atoms with E-state index >= 15 is 0 Å². The van der Waals surface area contributed by atoms with E-state index in [1.807, 2.05) is 6.20 Å². The maximum atomic E-state index is 5.50. The van der Waals surface area contributed by atoms with Gasteiger partial charge in [-0.1, -0.05) is 12.1 Å². The Bertz CT molecular complexity index is 569. The van der Waals surface area contributed by atoms with Gasteiger partial charge in [0.25, 0.3) is 0 Å². The third kappa shape index (κ3) is 2.70. The standard InChI is InChI=1S/C15H21N3O2/c1-19-10-13-6-14(20-2)9-18(13)8-11-3-4-12-7-16-17-15(12)5-11/h3-5,7,13-14H,6,8-10H2,1-2H3,(H,16,17)/t13-,14+/m0/s1. The van der Waals surface area contributed by atoms with E-state index in [1.165, 1.54) is 5.56 Å². The molecule has 3 rings (SSSR count). The van der Waals surface area contributed by atoms with Crippen LogP contribution < -0.4 is 0 Å². The lowest BCUT2D eigenvalue weighted by Gasteiger charge is -2.23. The van der Waals surface area contributed by atoms with Crippen LogP contribution in [0.1, 0.15) is 12.0 Å². The molecule has 0 unspecified atom stereocenters. The number of methoxy groups -OCH3 is 2. The summed E-state index contributed by atoms with van der Waals surface area (Å²) < 4.78 is 10.8. The highest BCUT2D eigenvalue weighted by molar-refractivity contribution is 5.78. The highest BCUT2D eigenvalue weighted by atomic mass is 16.5. The Balaban J connectivity index is 1.74. The number of H-pyrrole nitrogens is 1. The molecule has 1 fully saturated rings. The van der Waals surface area contributed by atoms with E-state index in [0.717, 1.165) is 37.0 Å². The van der Waals surface area contributed by atoms with Crippen molar-refractivity contribution in [3.8, 4) is 0 Å². The first kappa shape index (κ1) is 13.5. The smallest absolute Gasteiger partial charge is 0.0714 e. The molecule has 1 N–H and O–H groups in total. The van der Waals surface area contributed by atoms with Gasteiger partial charge in [0, 0.05) is 38.7 Å². The van der Waals surface area contributed by atoms with Gasteiger partial charge in [0.1, 0.15) is 0 Å². The van der Waals surface area contributed by atoms with Crippen molar-refractivity contribution in [2.75, 3.05) is 27.4 Å². The average Bonchev–Trinajstić information content (AvgIpc) is 3.06.